The van der Waals surface area contributed by atoms with Crippen LogP contribution >= 0.6 is 0 Å². The smallest absolute Gasteiger partial charge is 0.749 e. The summed E-state index contributed by atoms with van der Waals surface area (Å²) < 4.78 is 39.9. The second-order valence-corrected chi connectivity index (χ2v) is 1.84. The van der Waals surface area contributed by atoms with Crippen LogP contribution in [-0.2, 0) is 26.4 Å². The molecule has 0 rings (SSSR count). The van der Waals surface area contributed by atoms with E-state index in [-0.39, 0.29) is 154 Å². The van der Waals surface area contributed by atoms with Gasteiger partial charge in [0.1, 0.15) is 0 Å². The van der Waals surface area contributed by atoms with Gasteiger partial charge in [-0.1, -0.05) is 0 Å². The van der Waals surface area contributed by atoms with Crippen LogP contribution < -0.4 is 154 Å². The molecule has 10 heteroatoms. The van der Waals surface area contributed by atoms with Crippen molar-refractivity contribution in [3.05, 3.63) is 0 Å². The van der Waals surface area contributed by atoms with Crippen molar-refractivity contribution in [2.45, 2.75) is 0 Å². The molecule has 0 saturated carbocycles. The molecule has 0 saturated heterocycles. The Morgan fingerprint density at radius 2 is 1.10 bits per heavy atom. The second-order valence-electron chi connectivity index (χ2n) is 0.476. The third kappa shape index (κ3) is 23.2. The van der Waals surface area contributed by atoms with Crippen LogP contribution in [0, 0.1) is 0 Å². The molecule has 0 unspecified atom stereocenters. The zero-order chi connectivity index (χ0) is 5.86. The third-order valence-corrected chi connectivity index (χ3v) is 1.00. The van der Waals surface area contributed by atoms with Crippen molar-refractivity contribution >= 4 is 22.7 Å². The normalized spacial score (nSPS) is 13.0. The average Bonchev–Trinajstić information content (AvgIpc) is 1.27. The van der Waals surface area contributed by atoms with Crippen molar-refractivity contribution in [1.82, 2.24) is 0 Å². The standard InChI is InChI=1S/3K.H2O5S2/c;;;1-6(2)5-7(3)4/h;;;(H,1,2)(H,3,4)/q3*+1;/p-2. The zero-order valence-electron chi connectivity index (χ0n) is 5.86. The molecule has 0 amide bonds. The molecule has 0 bridgehead atoms. The van der Waals surface area contributed by atoms with Crippen LogP contribution in [0.3, 0.4) is 0 Å². The molecule has 10 heavy (non-hydrogen) atoms. The van der Waals surface area contributed by atoms with Crippen LogP contribution in [-0.4, -0.2) is 17.5 Å². The van der Waals surface area contributed by atoms with Crippen LogP contribution in [0.15, 0.2) is 0 Å². The Hall–Kier alpha value is 5.09. The van der Waals surface area contributed by atoms with E-state index in [2.05, 4.69) is 3.63 Å². The van der Waals surface area contributed by atoms with Crippen molar-refractivity contribution in [2.24, 2.45) is 0 Å². The Balaban J connectivity index is -0.0000000600. The quantitative estimate of drug-likeness (QED) is 0.364. The predicted molar refractivity (Wildman–Crippen MR) is 18.9 cm³/mol. The topological polar surface area (TPSA) is 89.5 Å². The van der Waals surface area contributed by atoms with Gasteiger partial charge in [0.15, 0.2) is 0 Å². The number of rotatable bonds is 2. The molecule has 0 N–H and O–H groups in total. The fraction of sp³-hybridized carbons (Fsp3) is 0. The summed E-state index contributed by atoms with van der Waals surface area (Å²) in [6.07, 6.45) is 0. The van der Waals surface area contributed by atoms with Crippen molar-refractivity contribution in [3.63, 3.8) is 0 Å². The Morgan fingerprint density at radius 3 is 1.10 bits per heavy atom. The minimum absolute atomic E-state index is 0. The molecule has 0 aliphatic carbocycles. The molecule has 0 aromatic rings. The summed E-state index contributed by atoms with van der Waals surface area (Å²) in [6, 6.07) is 0. The van der Waals surface area contributed by atoms with Gasteiger partial charge in [-0.3, -0.25) is 0 Å². The van der Waals surface area contributed by atoms with Gasteiger partial charge in [-0.15, -0.1) is 0 Å². The fourth-order valence-electron chi connectivity index (χ4n) is 0.0454. The molecule has 0 aromatic carbocycles. The van der Waals surface area contributed by atoms with E-state index in [4.69, 9.17) is 0 Å². The zero-order valence-corrected chi connectivity index (χ0v) is 16.9. The first-order valence-corrected chi connectivity index (χ1v) is 3.00. The largest absolute Gasteiger partial charge is 1.00 e. The van der Waals surface area contributed by atoms with Gasteiger partial charge in [-0.2, -0.15) is 0 Å². The summed E-state index contributed by atoms with van der Waals surface area (Å²) in [5, 5.41) is 0. The Kier molecular flexibility index (Phi) is 40.2. The molecular formula is K3O5S2+. The van der Waals surface area contributed by atoms with Gasteiger partial charge in [-0.25, -0.2) is 12.0 Å². The van der Waals surface area contributed by atoms with Gasteiger partial charge < -0.3 is 9.11 Å². The summed E-state index contributed by atoms with van der Waals surface area (Å²) in [6.45, 7) is 0. The van der Waals surface area contributed by atoms with Crippen LogP contribution in [0.2, 0.25) is 0 Å². The Labute approximate surface area is 191 Å². The average molecular weight is 261 g/mol. The Bertz CT molecular complexity index is 91.1. The minimum atomic E-state index is -2.96. The molecular weight excluding hydrogens is 261 g/mol. The SMILES string of the molecule is O=S([O-])OS(=O)[O-].[K+].[K+].[K+]. The predicted octanol–water partition coefficient (Wildman–Crippen LogP) is -10.4. The summed E-state index contributed by atoms with van der Waals surface area (Å²) in [5.41, 5.74) is 0. The van der Waals surface area contributed by atoms with E-state index in [1.54, 1.807) is 0 Å². The third-order valence-electron chi connectivity index (χ3n) is 0.111. The van der Waals surface area contributed by atoms with Crippen molar-refractivity contribution in [3.8, 4) is 0 Å². The van der Waals surface area contributed by atoms with E-state index in [1.165, 1.54) is 0 Å². The van der Waals surface area contributed by atoms with Gasteiger partial charge in [-0.05, 0) is 0 Å². The maximum atomic E-state index is 9.19. The first-order valence-electron chi connectivity index (χ1n) is 1.00. The van der Waals surface area contributed by atoms with Gasteiger partial charge in [0.2, 0.25) is 0 Å². The van der Waals surface area contributed by atoms with Crippen molar-refractivity contribution < 1.29 is 175 Å². The fourth-order valence-corrected chi connectivity index (χ4v) is 0.408. The van der Waals surface area contributed by atoms with Crippen LogP contribution in [0.4, 0.5) is 0 Å². The van der Waals surface area contributed by atoms with Gasteiger partial charge in [0.25, 0.3) is 0 Å². The van der Waals surface area contributed by atoms with E-state index < -0.39 is 22.7 Å². The molecule has 0 heterocycles. The number of hydrogen-bond donors (Lipinski definition) is 0. The summed E-state index contributed by atoms with van der Waals surface area (Å²) in [7, 11) is 0. The van der Waals surface area contributed by atoms with Gasteiger partial charge >= 0.3 is 154 Å². The molecule has 0 aliphatic rings. The van der Waals surface area contributed by atoms with Crippen molar-refractivity contribution in [2.75, 3.05) is 0 Å². The maximum Gasteiger partial charge on any atom is 1.00 e. The molecule has 0 atom stereocenters. The second kappa shape index (κ2) is 16.5. The molecule has 5 nitrogen and oxygen atoms in total. The molecule has 0 spiro atoms. The van der Waals surface area contributed by atoms with E-state index in [0.717, 1.165) is 0 Å². The molecule has 0 fully saturated rings. The van der Waals surface area contributed by atoms with E-state index in [1.807, 2.05) is 0 Å². The molecule has 0 radical (unpaired) electrons. The monoisotopic (exact) mass is 261 g/mol. The summed E-state index contributed by atoms with van der Waals surface area (Å²) >= 11 is -5.92. The maximum absolute atomic E-state index is 9.19. The minimum Gasteiger partial charge on any atom is -0.749 e. The van der Waals surface area contributed by atoms with Crippen LogP contribution in [0.25, 0.3) is 0 Å². The number of hydrogen-bond acceptors (Lipinski definition) is 5. The van der Waals surface area contributed by atoms with E-state index in [9.17, 15) is 17.5 Å². The van der Waals surface area contributed by atoms with Crippen LogP contribution in [0.5, 0.6) is 0 Å². The van der Waals surface area contributed by atoms with E-state index in [0.29, 0.717) is 0 Å². The van der Waals surface area contributed by atoms with Gasteiger partial charge in [0, 0.05) is 0 Å². The van der Waals surface area contributed by atoms with Crippen LogP contribution in [0.1, 0.15) is 0 Å². The Morgan fingerprint density at radius 1 is 0.900 bits per heavy atom. The van der Waals surface area contributed by atoms with Crippen molar-refractivity contribution in [1.29, 1.82) is 0 Å². The first kappa shape index (κ1) is 24.4. The summed E-state index contributed by atoms with van der Waals surface area (Å²) in [5.74, 6) is 0. The molecule has 0 aliphatic heterocycles. The molecule has 44 valence electrons. The first-order chi connectivity index (χ1) is 3.13. The van der Waals surface area contributed by atoms with Gasteiger partial charge in [0.05, 0.1) is 22.7 Å². The summed E-state index contributed by atoms with van der Waals surface area (Å²) in [4.78, 5) is 0. The molecule has 0 aromatic heterocycles. The van der Waals surface area contributed by atoms with E-state index >= 15 is 0 Å².